The molecule has 6 rings (SSSR count). The van der Waals surface area contributed by atoms with Crippen LogP contribution in [0, 0.1) is 6.92 Å². The fourth-order valence-electron chi connectivity index (χ4n) is 6.09. The van der Waals surface area contributed by atoms with Crippen LogP contribution in [0.4, 0.5) is 0 Å². The highest BCUT2D eigenvalue weighted by molar-refractivity contribution is 6.09. The minimum absolute atomic E-state index is 0.0258. The summed E-state index contributed by atoms with van der Waals surface area (Å²) in [6.07, 6.45) is 2.09. The van der Waals surface area contributed by atoms with Gasteiger partial charge in [0.2, 0.25) is 0 Å². The summed E-state index contributed by atoms with van der Waals surface area (Å²) in [6.45, 7) is 7.80. The van der Waals surface area contributed by atoms with Gasteiger partial charge in [0.1, 0.15) is 11.4 Å². The zero-order chi connectivity index (χ0) is 26.4. The van der Waals surface area contributed by atoms with Gasteiger partial charge in [0.15, 0.2) is 0 Å². The number of rotatable bonds is 5. The molecule has 0 radical (unpaired) electrons. The van der Waals surface area contributed by atoms with Crippen molar-refractivity contribution >= 4 is 22.8 Å². The molecule has 1 saturated heterocycles. The highest BCUT2D eigenvalue weighted by Crippen LogP contribution is 2.44. The zero-order valence-corrected chi connectivity index (χ0v) is 22.1. The Labute approximate surface area is 222 Å². The van der Waals surface area contributed by atoms with Crippen molar-refractivity contribution in [2.24, 2.45) is 0 Å². The summed E-state index contributed by atoms with van der Waals surface area (Å²) < 4.78 is 13.7. The fourth-order valence-corrected chi connectivity index (χ4v) is 6.09. The normalized spacial score (nSPS) is 16.1. The van der Waals surface area contributed by atoms with Crippen LogP contribution in [0.15, 0.2) is 66.7 Å². The number of esters is 1. The van der Waals surface area contributed by atoms with Gasteiger partial charge in [0, 0.05) is 48.3 Å². The summed E-state index contributed by atoms with van der Waals surface area (Å²) in [6, 6.07) is 22.1. The lowest BCUT2D eigenvalue weighted by molar-refractivity contribution is -0.0389. The molecule has 1 fully saturated rings. The second kappa shape index (κ2) is 9.35. The molecule has 0 atom stereocenters. The van der Waals surface area contributed by atoms with Crippen LogP contribution in [-0.4, -0.2) is 41.0 Å². The Morgan fingerprint density at radius 1 is 1.00 bits per heavy atom. The number of aromatic nitrogens is 1. The molecule has 1 amide bonds. The van der Waals surface area contributed by atoms with Crippen LogP contribution < -0.4 is 4.74 Å². The van der Waals surface area contributed by atoms with Crippen LogP contribution in [0.5, 0.6) is 5.75 Å². The molecule has 1 aromatic heterocycles. The first-order valence-electron chi connectivity index (χ1n) is 13.4. The van der Waals surface area contributed by atoms with Gasteiger partial charge in [-0.1, -0.05) is 31.2 Å². The van der Waals surface area contributed by atoms with E-state index in [0.29, 0.717) is 38.1 Å². The Bertz CT molecular complexity index is 1540. The van der Waals surface area contributed by atoms with Gasteiger partial charge in [-0.05, 0) is 68.3 Å². The Hall–Kier alpha value is -4.06. The Balaban J connectivity index is 1.35. The molecule has 0 unspecified atom stereocenters. The van der Waals surface area contributed by atoms with Gasteiger partial charge >= 0.3 is 5.97 Å². The number of carbonyl (C=O) groups is 2. The van der Waals surface area contributed by atoms with Gasteiger partial charge in [-0.25, -0.2) is 4.79 Å². The maximum Gasteiger partial charge on any atom is 0.339 e. The van der Waals surface area contributed by atoms with Crippen LogP contribution in [0.2, 0.25) is 0 Å². The molecular weight excluding hydrogens is 476 g/mol. The van der Waals surface area contributed by atoms with Crippen molar-refractivity contribution in [2.75, 3.05) is 19.7 Å². The minimum Gasteiger partial charge on any atom is -0.494 e. The predicted molar refractivity (Wildman–Crippen MR) is 147 cm³/mol. The SMILES string of the molecule is CCOc1ccc(-n2c(C)c(C(=O)N3CCC4(CC3)OC(=O)c3ccccc34)c3cc(CC)ccc32)cc1. The number of nitrogens with zero attached hydrogens (tertiary/aromatic N) is 2. The van der Waals surface area contributed by atoms with Crippen molar-refractivity contribution in [3.8, 4) is 11.4 Å². The number of aryl methyl sites for hydroxylation is 1. The summed E-state index contributed by atoms with van der Waals surface area (Å²) in [5.41, 5.74) is 5.82. The first-order chi connectivity index (χ1) is 18.5. The molecule has 2 aliphatic heterocycles. The number of amides is 1. The molecule has 6 heteroatoms. The number of likely N-dealkylation sites (tertiary alicyclic amines) is 1. The fraction of sp³-hybridized carbons (Fsp3) is 0.312. The molecular formula is C32H32N2O4. The molecule has 6 nitrogen and oxygen atoms in total. The zero-order valence-electron chi connectivity index (χ0n) is 22.1. The van der Waals surface area contributed by atoms with Crippen molar-refractivity contribution < 1.29 is 19.1 Å². The Morgan fingerprint density at radius 2 is 1.74 bits per heavy atom. The number of piperidine rings is 1. The van der Waals surface area contributed by atoms with E-state index in [1.54, 1.807) is 0 Å². The summed E-state index contributed by atoms with van der Waals surface area (Å²) in [4.78, 5) is 28.5. The molecule has 38 heavy (non-hydrogen) atoms. The molecule has 2 aliphatic rings. The first-order valence-corrected chi connectivity index (χ1v) is 13.4. The second-order valence-corrected chi connectivity index (χ2v) is 10.1. The molecule has 194 valence electrons. The maximum absolute atomic E-state index is 14.1. The van der Waals surface area contributed by atoms with E-state index in [1.165, 1.54) is 5.56 Å². The monoisotopic (exact) mass is 508 g/mol. The maximum atomic E-state index is 14.1. The standard InChI is InChI=1S/C32H32N2O4/c1-4-22-10-15-28-26(20-22)29(21(3)34(28)23-11-13-24(14-12-23)37-5-2)30(35)33-18-16-32(17-19-33)27-9-7-6-8-25(27)31(36)38-32/h6-15,20H,4-5,16-19H2,1-3H3. The van der Waals surface area contributed by atoms with E-state index < -0.39 is 5.60 Å². The van der Waals surface area contributed by atoms with Crippen molar-refractivity contribution in [3.05, 3.63) is 94.7 Å². The van der Waals surface area contributed by atoms with Crippen LogP contribution >= 0.6 is 0 Å². The van der Waals surface area contributed by atoms with Gasteiger partial charge in [-0.15, -0.1) is 0 Å². The minimum atomic E-state index is -0.634. The number of hydrogen-bond acceptors (Lipinski definition) is 4. The largest absolute Gasteiger partial charge is 0.494 e. The first kappa shape index (κ1) is 24.3. The van der Waals surface area contributed by atoms with Crippen LogP contribution in [0.25, 0.3) is 16.6 Å². The molecule has 0 aliphatic carbocycles. The quantitative estimate of drug-likeness (QED) is 0.301. The van der Waals surface area contributed by atoms with Crippen molar-refractivity contribution in [1.82, 2.24) is 9.47 Å². The topological polar surface area (TPSA) is 60.8 Å². The third kappa shape index (κ3) is 3.78. The number of carbonyl (C=O) groups excluding carboxylic acids is 2. The number of fused-ring (bicyclic) bond motifs is 3. The summed E-state index contributed by atoms with van der Waals surface area (Å²) in [7, 11) is 0. The predicted octanol–water partition coefficient (Wildman–Crippen LogP) is 6.20. The summed E-state index contributed by atoms with van der Waals surface area (Å²) >= 11 is 0. The van der Waals surface area contributed by atoms with Crippen LogP contribution in [0.1, 0.15) is 64.2 Å². The average Bonchev–Trinajstić information content (AvgIpc) is 3.39. The molecule has 3 heterocycles. The average molecular weight is 509 g/mol. The lowest BCUT2D eigenvalue weighted by atomic mass is 9.83. The van der Waals surface area contributed by atoms with Gasteiger partial charge in [0.05, 0.1) is 23.3 Å². The van der Waals surface area contributed by atoms with Crippen LogP contribution in [0.3, 0.4) is 0 Å². The highest BCUT2D eigenvalue weighted by Gasteiger charge is 2.48. The number of hydrogen-bond donors (Lipinski definition) is 0. The molecule has 3 aromatic carbocycles. The third-order valence-electron chi connectivity index (χ3n) is 8.08. The van der Waals surface area contributed by atoms with Gasteiger partial charge < -0.3 is 18.9 Å². The van der Waals surface area contributed by atoms with E-state index in [2.05, 4.69) is 29.7 Å². The molecule has 0 saturated carbocycles. The molecule has 1 spiro atoms. The van der Waals surface area contributed by atoms with E-state index in [1.807, 2.05) is 67.3 Å². The van der Waals surface area contributed by atoms with Crippen molar-refractivity contribution in [3.63, 3.8) is 0 Å². The van der Waals surface area contributed by atoms with E-state index in [0.717, 1.165) is 45.6 Å². The van der Waals surface area contributed by atoms with E-state index in [9.17, 15) is 9.59 Å². The molecule has 4 aromatic rings. The number of ether oxygens (including phenoxy) is 2. The van der Waals surface area contributed by atoms with Crippen molar-refractivity contribution in [2.45, 2.75) is 45.6 Å². The van der Waals surface area contributed by atoms with Gasteiger partial charge in [0.25, 0.3) is 5.91 Å². The van der Waals surface area contributed by atoms with E-state index in [-0.39, 0.29) is 11.9 Å². The summed E-state index contributed by atoms with van der Waals surface area (Å²) in [5.74, 6) is 0.589. The summed E-state index contributed by atoms with van der Waals surface area (Å²) in [5, 5.41) is 0.971. The third-order valence-corrected chi connectivity index (χ3v) is 8.08. The van der Waals surface area contributed by atoms with Crippen LogP contribution in [-0.2, 0) is 16.8 Å². The molecule has 0 N–H and O–H groups in total. The Kier molecular flexibility index (Phi) is 5.98. The van der Waals surface area contributed by atoms with Gasteiger partial charge in [-0.2, -0.15) is 0 Å². The lowest BCUT2D eigenvalue weighted by Crippen LogP contribution is -2.45. The second-order valence-electron chi connectivity index (χ2n) is 10.1. The Morgan fingerprint density at radius 3 is 2.45 bits per heavy atom. The molecule has 0 bridgehead atoms. The van der Waals surface area contributed by atoms with E-state index >= 15 is 0 Å². The smallest absolute Gasteiger partial charge is 0.339 e. The number of benzene rings is 3. The van der Waals surface area contributed by atoms with Gasteiger partial charge in [-0.3, -0.25) is 4.79 Å². The van der Waals surface area contributed by atoms with E-state index in [4.69, 9.17) is 9.47 Å². The van der Waals surface area contributed by atoms with Crippen molar-refractivity contribution in [1.29, 1.82) is 0 Å². The highest BCUT2D eigenvalue weighted by atomic mass is 16.6. The lowest BCUT2D eigenvalue weighted by Gasteiger charge is -2.38.